The van der Waals surface area contributed by atoms with E-state index in [1.807, 2.05) is 0 Å². The highest BCUT2D eigenvalue weighted by Crippen LogP contribution is 2.01. The van der Waals surface area contributed by atoms with Crippen LogP contribution < -0.4 is 0 Å². The maximum atomic E-state index is 10.8. The lowest BCUT2D eigenvalue weighted by Crippen LogP contribution is -2.26. The molecule has 0 fully saturated rings. The van der Waals surface area contributed by atoms with Crippen LogP contribution in [0.25, 0.3) is 0 Å². The van der Waals surface area contributed by atoms with Crippen molar-refractivity contribution in [3.05, 3.63) is 0 Å². The van der Waals surface area contributed by atoms with Crippen LogP contribution in [0.1, 0.15) is 13.8 Å². The highest BCUT2D eigenvalue weighted by atomic mass is 32.2. The summed E-state index contributed by atoms with van der Waals surface area (Å²) >= 11 is 0. The van der Waals surface area contributed by atoms with Crippen molar-refractivity contribution < 1.29 is 22.1 Å². The Morgan fingerprint density at radius 2 is 2.00 bits per heavy atom. The van der Waals surface area contributed by atoms with Crippen molar-refractivity contribution in [1.29, 1.82) is 0 Å². The van der Waals surface area contributed by atoms with Crippen LogP contribution >= 0.6 is 0 Å². The molecule has 0 radical (unpaired) electrons. The molecule has 0 aromatic heterocycles. The van der Waals surface area contributed by atoms with Crippen LogP contribution in [0.4, 0.5) is 0 Å². The van der Waals surface area contributed by atoms with E-state index in [9.17, 15) is 13.2 Å². The summed E-state index contributed by atoms with van der Waals surface area (Å²) in [6.07, 6.45) is -1.07. The Kier molecular flexibility index (Phi) is 4.19. The van der Waals surface area contributed by atoms with Gasteiger partial charge >= 0.3 is 5.97 Å². The summed E-state index contributed by atoms with van der Waals surface area (Å²) in [7, 11) is -2.41. The fraction of sp³-hybridized carbons (Fsp3) is 0.833. The molecule has 0 amide bonds. The van der Waals surface area contributed by atoms with E-state index in [0.717, 1.165) is 0 Å². The zero-order chi connectivity index (χ0) is 9.78. The second-order valence-corrected chi connectivity index (χ2v) is 3.99. The first-order chi connectivity index (χ1) is 5.43. The second kappa shape index (κ2) is 4.42. The Morgan fingerprint density at radius 3 is 2.33 bits per heavy atom. The van der Waals surface area contributed by atoms with Gasteiger partial charge in [-0.3, -0.25) is 4.18 Å². The van der Waals surface area contributed by atoms with E-state index in [-0.39, 0.29) is 5.75 Å². The highest BCUT2D eigenvalue weighted by molar-refractivity contribution is 7.86. The SMILES string of the molecule is CCS(=O)(=O)O[C@@H](C)C(=O)OC. The minimum Gasteiger partial charge on any atom is -0.467 e. The molecule has 6 heteroatoms. The molecule has 72 valence electrons. The maximum absolute atomic E-state index is 10.8. The number of rotatable bonds is 4. The molecule has 0 unspecified atom stereocenters. The normalized spacial score (nSPS) is 13.9. The number of hydrogen-bond donors (Lipinski definition) is 0. The minimum absolute atomic E-state index is 0.158. The average Bonchev–Trinajstić information content (AvgIpc) is 2.02. The first-order valence-corrected chi connectivity index (χ1v) is 4.99. The van der Waals surface area contributed by atoms with E-state index >= 15 is 0 Å². The highest BCUT2D eigenvalue weighted by Gasteiger charge is 2.20. The van der Waals surface area contributed by atoms with Crippen molar-refractivity contribution in [2.24, 2.45) is 0 Å². The third-order valence-corrected chi connectivity index (χ3v) is 2.47. The van der Waals surface area contributed by atoms with Crippen molar-refractivity contribution in [2.75, 3.05) is 12.9 Å². The van der Waals surface area contributed by atoms with Gasteiger partial charge in [-0.05, 0) is 13.8 Å². The van der Waals surface area contributed by atoms with Gasteiger partial charge in [-0.15, -0.1) is 0 Å². The molecule has 0 heterocycles. The van der Waals surface area contributed by atoms with E-state index in [0.29, 0.717) is 0 Å². The van der Waals surface area contributed by atoms with Crippen molar-refractivity contribution in [2.45, 2.75) is 20.0 Å². The van der Waals surface area contributed by atoms with Gasteiger partial charge in [0.1, 0.15) is 0 Å². The van der Waals surface area contributed by atoms with Crippen LogP contribution in [0.3, 0.4) is 0 Å². The molecule has 0 aromatic carbocycles. The van der Waals surface area contributed by atoms with Crippen LogP contribution in [-0.2, 0) is 23.8 Å². The number of ether oxygens (including phenoxy) is 1. The molecule has 5 nitrogen and oxygen atoms in total. The molecular formula is C6H12O5S. The molecule has 0 bridgehead atoms. The summed E-state index contributed by atoms with van der Waals surface area (Å²) in [5, 5.41) is 0. The zero-order valence-electron chi connectivity index (χ0n) is 7.23. The number of carbonyl (C=O) groups is 1. The summed E-state index contributed by atoms with van der Waals surface area (Å²) in [4.78, 5) is 10.7. The molecule has 0 aliphatic rings. The van der Waals surface area contributed by atoms with Gasteiger partial charge in [0.25, 0.3) is 10.1 Å². The van der Waals surface area contributed by atoms with Crippen LogP contribution in [0.2, 0.25) is 0 Å². The number of esters is 1. The Morgan fingerprint density at radius 1 is 1.50 bits per heavy atom. The molecular weight excluding hydrogens is 184 g/mol. The summed E-state index contributed by atoms with van der Waals surface area (Å²) < 4.78 is 30.3. The molecule has 0 spiro atoms. The van der Waals surface area contributed by atoms with Gasteiger partial charge in [-0.2, -0.15) is 8.42 Å². The topological polar surface area (TPSA) is 69.7 Å². The van der Waals surface area contributed by atoms with Gasteiger partial charge in [-0.1, -0.05) is 0 Å². The van der Waals surface area contributed by atoms with E-state index < -0.39 is 22.2 Å². The predicted molar refractivity (Wildman–Crippen MR) is 42.0 cm³/mol. The molecule has 0 aliphatic heterocycles. The molecule has 12 heavy (non-hydrogen) atoms. The summed E-state index contributed by atoms with van der Waals surface area (Å²) in [5.41, 5.74) is 0. The van der Waals surface area contributed by atoms with E-state index in [1.165, 1.54) is 21.0 Å². The lowest BCUT2D eigenvalue weighted by molar-refractivity contribution is -0.147. The fourth-order valence-electron chi connectivity index (χ4n) is 0.493. The van der Waals surface area contributed by atoms with Crippen molar-refractivity contribution in [3.63, 3.8) is 0 Å². The molecule has 0 saturated heterocycles. The van der Waals surface area contributed by atoms with Gasteiger partial charge in [0.2, 0.25) is 0 Å². The summed E-state index contributed by atoms with van der Waals surface area (Å²) in [5.74, 6) is -0.860. The lowest BCUT2D eigenvalue weighted by Gasteiger charge is -2.08. The Hall–Kier alpha value is -0.620. The van der Waals surface area contributed by atoms with E-state index in [1.54, 1.807) is 0 Å². The molecule has 0 saturated carbocycles. The quantitative estimate of drug-likeness (QED) is 0.464. The number of methoxy groups -OCH3 is 1. The van der Waals surface area contributed by atoms with Crippen molar-refractivity contribution >= 4 is 16.1 Å². The van der Waals surface area contributed by atoms with Gasteiger partial charge < -0.3 is 4.74 Å². The van der Waals surface area contributed by atoms with Crippen LogP contribution in [0.15, 0.2) is 0 Å². The van der Waals surface area contributed by atoms with E-state index in [2.05, 4.69) is 8.92 Å². The van der Waals surface area contributed by atoms with E-state index in [4.69, 9.17) is 0 Å². The Bertz CT molecular complexity index is 243. The van der Waals surface area contributed by atoms with Gasteiger partial charge in [0.05, 0.1) is 12.9 Å². The fourth-order valence-corrected chi connectivity index (χ4v) is 1.15. The molecule has 0 N–H and O–H groups in total. The monoisotopic (exact) mass is 196 g/mol. The summed E-state index contributed by atoms with van der Waals surface area (Å²) in [6, 6.07) is 0. The number of carbonyl (C=O) groups excluding carboxylic acids is 1. The average molecular weight is 196 g/mol. The van der Waals surface area contributed by atoms with Crippen LogP contribution in [0.5, 0.6) is 0 Å². The van der Waals surface area contributed by atoms with Gasteiger partial charge in [0.15, 0.2) is 6.10 Å². The third-order valence-electron chi connectivity index (χ3n) is 1.18. The molecule has 1 atom stereocenters. The first-order valence-electron chi connectivity index (χ1n) is 3.41. The Labute approximate surface area is 71.8 Å². The van der Waals surface area contributed by atoms with Crippen LogP contribution in [-0.4, -0.2) is 33.4 Å². The molecule has 0 aliphatic carbocycles. The van der Waals surface area contributed by atoms with Crippen molar-refractivity contribution in [3.8, 4) is 0 Å². The zero-order valence-corrected chi connectivity index (χ0v) is 8.05. The standard InChI is InChI=1S/C6H12O5S/c1-4-12(8,9)11-5(2)6(7)10-3/h5H,4H2,1-3H3/t5-/m0/s1. The van der Waals surface area contributed by atoms with Crippen molar-refractivity contribution in [1.82, 2.24) is 0 Å². The molecule has 0 aromatic rings. The largest absolute Gasteiger partial charge is 0.467 e. The first kappa shape index (κ1) is 11.4. The lowest BCUT2D eigenvalue weighted by atomic mass is 10.4. The van der Waals surface area contributed by atoms with Gasteiger partial charge in [-0.25, -0.2) is 4.79 Å². The maximum Gasteiger partial charge on any atom is 0.336 e. The van der Waals surface area contributed by atoms with Crippen LogP contribution in [0, 0.1) is 0 Å². The Balaban J connectivity index is 4.19. The predicted octanol–water partition coefficient (Wildman–Crippen LogP) is -0.0858. The molecule has 0 rings (SSSR count). The minimum atomic E-state index is -3.57. The van der Waals surface area contributed by atoms with Gasteiger partial charge in [0, 0.05) is 0 Å². The third kappa shape index (κ3) is 3.68. The second-order valence-electron chi connectivity index (χ2n) is 2.11. The number of hydrogen-bond acceptors (Lipinski definition) is 5. The summed E-state index contributed by atoms with van der Waals surface area (Å²) in [6.45, 7) is 2.75. The smallest absolute Gasteiger partial charge is 0.336 e.